The maximum Gasteiger partial charge on any atom is 0.321 e. The first-order chi connectivity index (χ1) is 10.1. The zero-order valence-electron chi connectivity index (χ0n) is 12.0. The third-order valence-corrected chi connectivity index (χ3v) is 3.97. The average molecular weight is 355 g/mol. The number of esters is 1. The molecule has 2 rings (SSSR count). The van der Waals surface area contributed by atoms with E-state index in [1.54, 1.807) is 11.8 Å². The van der Waals surface area contributed by atoms with E-state index in [4.69, 9.17) is 4.74 Å². The summed E-state index contributed by atoms with van der Waals surface area (Å²) in [7, 11) is 0. The molecule has 0 radical (unpaired) electrons. The number of ether oxygens (including phenoxy) is 1. The molecule has 1 fully saturated rings. The first kappa shape index (κ1) is 15.8. The standard InChI is InChI=1S/C15H19BrN2O3/c1-2-21-14(19)11-6-8-18(9-7-11)15(20)17-13-5-3-4-12(16)10-13/h3-5,10-11H,2,6-9H2,1H3,(H,17,20). The number of carbonyl (C=O) groups is 2. The van der Waals surface area contributed by atoms with E-state index in [1.807, 2.05) is 24.3 Å². The normalized spacial score (nSPS) is 15.6. The van der Waals surface area contributed by atoms with E-state index in [9.17, 15) is 9.59 Å². The Morgan fingerprint density at radius 3 is 2.71 bits per heavy atom. The first-order valence-corrected chi connectivity index (χ1v) is 7.87. The summed E-state index contributed by atoms with van der Waals surface area (Å²) in [6.07, 6.45) is 1.31. The van der Waals surface area contributed by atoms with Gasteiger partial charge in [-0.25, -0.2) is 4.79 Å². The molecule has 6 heteroatoms. The molecule has 0 saturated carbocycles. The van der Waals surface area contributed by atoms with E-state index >= 15 is 0 Å². The van der Waals surface area contributed by atoms with E-state index in [2.05, 4.69) is 21.2 Å². The largest absolute Gasteiger partial charge is 0.466 e. The molecule has 0 atom stereocenters. The van der Waals surface area contributed by atoms with E-state index in [1.165, 1.54) is 0 Å². The fourth-order valence-corrected chi connectivity index (χ4v) is 2.75. The molecule has 0 spiro atoms. The second kappa shape index (κ2) is 7.45. The lowest BCUT2D eigenvalue weighted by Crippen LogP contribution is -2.42. The van der Waals surface area contributed by atoms with Gasteiger partial charge in [-0.05, 0) is 38.0 Å². The van der Waals surface area contributed by atoms with Crippen LogP contribution < -0.4 is 5.32 Å². The van der Waals surface area contributed by atoms with Gasteiger partial charge in [0, 0.05) is 23.2 Å². The fourth-order valence-electron chi connectivity index (χ4n) is 2.35. The van der Waals surface area contributed by atoms with E-state index < -0.39 is 0 Å². The van der Waals surface area contributed by atoms with Crippen molar-refractivity contribution in [2.75, 3.05) is 25.0 Å². The van der Waals surface area contributed by atoms with Gasteiger partial charge in [0.15, 0.2) is 0 Å². The van der Waals surface area contributed by atoms with Gasteiger partial charge >= 0.3 is 12.0 Å². The Hall–Kier alpha value is -1.56. The van der Waals surface area contributed by atoms with Crippen molar-refractivity contribution in [2.24, 2.45) is 5.92 Å². The van der Waals surface area contributed by atoms with Gasteiger partial charge in [-0.3, -0.25) is 4.79 Å². The second-order valence-corrected chi connectivity index (χ2v) is 5.87. The van der Waals surface area contributed by atoms with Gasteiger partial charge < -0.3 is 15.0 Å². The van der Waals surface area contributed by atoms with Crippen LogP contribution in [0.4, 0.5) is 10.5 Å². The lowest BCUT2D eigenvalue weighted by molar-refractivity contribution is -0.149. The molecular formula is C15H19BrN2O3. The summed E-state index contributed by atoms with van der Waals surface area (Å²) in [4.78, 5) is 25.6. The molecule has 0 aliphatic carbocycles. The number of hydrogen-bond acceptors (Lipinski definition) is 3. The van der Waals surface area contributed by atoms with Crippen molar-refractivity contribution in [3.8, 4) is 0 Å². The lowest BCUT2D eigenvalue weighted by atomic mass is 9.97. The van der Waals surface area contributed by atoms with Crippen LogP contribution >= 0.6 is 15.9 Å². The Morgan fingerprint density at radius 2 is 2.10 bits per heavy atom. The highest BCUT2D eigenvalue weighted by Crippen LogP contribution is 2.20. The van der Waals surface area contributed by atoms with Gasteiger partial charge in [0.25, 0.3) is 0 Å². The van der Waals surface area contributed by atoms with Gasteiger partial charge in [0.2, 0.25) is 0 Å². The molecule has 1 aliphatic heterocycles. The number of rotatable bonds is 3. The third-order valence-electron chi connectivity index (χ3n) is 3.48. The Kier molecular flexibility index (Phi) is 5.61. The molecule has 1 N–H and O–H groups in total. The third kappa shape index (κ3) is 4.46. The summed E-state index contributed by atoms with van der Waals surface area (Å²) in [5, 5.41) is 2.86. The number of anilines is 1. The van der Waals surface area contributed by atoms with Crippen LogP contribution in [0.15, 0.2) is 28.7 Å². The van der Waals surface area contributed by atoms with Crippen molar-refractivity contribution in [1.29, 1.82) is 0 Å². The number of likely N-dealkylation sites (tertiary alicyclic amines) is 1. The Balaban J connectivity index is 1.84. The van der Waals surface area contributed by atoms with E-state index in [0.29, 0.717) is 32.5 Å². The average Bonchev–Trinajstić information content (AvgIpc) is 2.47. The van der Waals surface area contributed by atoms with E-state index in [0.717, 1.165) is 10.2 Å². The van der Waals surface area contributed by atoms with Crippen molar-refractivity contribution in [3.63, 3.8) is 0 Å². The summed E-state index contributed by atoms with van der Waals surface area (Å²) < 4.78 is 5.94. The smallest absolute Gasteiger partial charge is 0.321 e. The molecule has 0 unspecified atom stereocenters. The van der Waals surface area contributed by atoms with Crippen LogP contribution in [0.5, 0.6) is 0 Å². The number of amides is 2. The molecule has 1 aliphatic rings. The van der Waals surface area contributed by atoms with Gasteiger partial charge in [0.05, 0.1) is 12.5 Å². The van der Waals surface area contributed by atoms with Gasteiger partial charge in [-0.1, -0.05) is 22.0 Å². The van der Waals surface area contributed by atoms with Gasteiger partial charge in [-0.15, -0.1) is 0 Å². The van der Waals surface area contributed by atoms with Gasteiger partial charge in [-0.2, -0.15) is 0 Å². The number of piperidine rings is 1. The molecule has 2 amide bonds. The zero-order chi connectivity index (χ0) is 15.2. The molecule has 0 aromatic heterocycles. The molecule has 5 nitrogen and oxygen atoms in total. The van der Waals surface area contributed by atoms with Crippen molar-refractivity contribution in [3.05, 3.63) is 28.7 Å². The van der Waals surface area contributed by atoms with Crippen molar-refractivity contribution < 1.29 is 14.3 Å². The Morgan fingerprint density at radius 1 is 1.38 bits per heavy atom. The first-order valence-electron chi connectivity index (χ1n) is 7.08. The Bertz CT molecular complexity index is 513. The van der Waals surface area contributed by atoms with Crippen LogP contribution in [-0.4, -0.2) is 36.6 Å². The van der Waals surface area contributed by atoms with Gasteiger partial charge in [0.1, 0.15) is 0 Å². The number of benzene rings is 1. The highest BCUT2D eigenvalue weighted by Gasteiger charge is 2.28. The molecule has 1 heterocycles. The minimum atomic E-state index is -0.149. The van der Waals surface area contributed by atoms with Crippen LogP contribution in [0.3, 0.4) is 0 Å². The van der Waals surface area contributed by atoms with Crippen LogP contribution in [0.25, 0.3) is 0 Å². The zero-order valence-corrected chi connectivity index (χ0v) is 13.6. The summed E-state index contributed by atoms with van der Waals surface area (Å²) in [5.74, 6) is -0.232. The molecule has 21 heavy (non-hydrogen) atoms. The number of nitrogens with one attached hydrogen (secondary N) is 1. The summed E-state index contributed by atoms with van der Waals surface area (Å²) in [5.41, 5.74) is 0.752. The quantitative estimate of drug-likeness (QED) is 0.847. The SMILES string of the molecule is CCOC(=O)C1CCN(C(=O)Nc2cccc(Br)c2)CC1. The summed E-state index contributed by atoms with van der Waals surface area (Å²) >= 11 is 3.37. The summed E-state index contributed by atoms with van der Waals surface area (Å²) in [6, 6.07) is 7.33. The minimum Gasteiger partial charge on any atom is -0.466 e. The predicted molar refractivity (Wildman–Crippen MR) is 84.1 cm³/mol. The number of urea groups is 1. The molecule has 114 valence electrons. The number of nitrogens with zero attached hydrogens (tertiary/aromatic N) is 1. The Labute approximate surface area is 132 Å². The van der Waals surface area contributed by atoms with Crippen LogP contribution in [0.1, 0.15) is 19.8 Å². The highest BCUT2D eigenvalue weighted by molar-refractivity contribution is 9.10. The minimum absolute atomic E-state index is 0.0835. The molecule has 1 aromatic carbocycles. The highest BCUT2D eigenvalue weighted by atomic mass is 79.9. The fraction of sp³-hybridized carbons (Fsp3) is 0.467. The maximum absolute atomic E-state index is 12.2. The molecule has 0 bridgehead atoms. The predicted octanol–water partition coefficient (Wildman–Crippen LogP) is 3.26. The van der Waals surface area contributed by atoms with E-state index in [-0.39, 0.29) is 17.9 Å². The molecule has 1 saturated heterocycles. The number of carbonyl (C=O) groups excluding carboxylic acids is 2. The molecule has 1 aromatic rings. The lowest BCUT2D eigenvalue weighted by Gasteiger charge is -2.30. The second-order valence-electron chi connectivity index (χ2n) is 4.95. The van der Waals surface area contributed by atoms with Crippen molar-refractivity contribution in [2.45, 2.75) is 19.8 Å². The molecular weight excluding hydrogens is 336 g/mol. The van der Waals surface area contributed by atoms with Crippen LogP contribution in [0, 0.1) is 5.92 Å². The maximum atomic E-state index is 12.2. The topological polar surface area (TPSA) is 58.6 Å². The van der Waals surface area contributed by atoms with Crippen LogP contribution in [-0.2, 0) is 9.53 Å². The monoisotopic (exact) mass is 354 g/mol. The van der Waals surface area contributed by atoms with Crippen LogP contribution in [0.2, 0.25) is 0 Å². The van der Waals surface area contributed by atoms with Crippen molar-refractivity contribution >= 4 is 33.6 Å². The summed E-state index contributed by atoms with van der Waals surface area (Å²) in [6.45, 7) is 3.35. The number of hydrogen-bond donors (Lipinski definition) is 1. The van der Waals surface area contributed by atoms with Crippen molar-refractivity contribution in [1.82, 2.24) is 4.90 Å². The number of halogens is 1.